The topological polar surface area (TPSA) is 38.3 Å². The number of hydrogen-bond donors (Lipinski definition) is 1. The summed E-state index contributed by atoms with van der Waals surface area (Å²) in [4.78, 5) is 12.0. The van der Waals surface area contributed by atoms with Gasteiger partial charge in [-0.3, -0.25) is 4.79 Å². The zero-order valence-electron chi connectivity index (χ0n) is 13.9. The van der Waals surface area contributed by atoms with E-state index in [-0.39, 0.29) is 12.5 Å². The maximum absolute atomic E-state index is 12.0. The number of carbonyl (C=O) groups is 1. The van der Waals surface area contributed by atoms with Crippen molar-refractivity contribution >= 4 is 27.5 Å². The predicted molar refractivity (Wildman–Crippen MR) is 98.3 cm³/mol. The largest absolute Gasteiger partial charge is 0.484 e. The Balaban J connectivity index is 1.92. The van der Waals surface area contributed by atoms with Crippen molar-refractivity contribution in [3.63, 3.8) is 0 Å². The summed E-state index contributed by atoms with van der Waals surface area (Å²) >= 11 is 3.52. The van der Waals surface area contributed by atoms with Crippen LogP contribution in [0.4, 0.5) is 5.69 Å². The molecule has 0 radical (unpaired) electrons. The zero-order chi connectivity index (χ0) is 17.0. The number of carbonyl (C=O) groups excluding carboxylic acids is 1. The molecule has 0 aliphatic carbocycles. The second kappa shape index (κ2) is 7.64. The lowest BCUT2D eigenvalue weighted by Gasteiger charge is -2.11. The Bertz CT molecular complexity index is 670. The number of aryl methyl sites for hydroxylation is 2. The molecule has 0 atom stereocenters. The molecule has 0 aromatic heterocycles. The van der Waals surface area contributed by atoms with Crippen LogP contribution in [0.5, 0.6) is 5.75 Å². The van der Waals surface area contributed by atoms with Gasteiger partial charge in [-0.15, -0.1) is 0 Å². The highest BCUT2D eigenvalue weighted by molar-refractivity contribution is 9.10. The normalized spacial score (nSPS) is 10.7. The van der Waals surface area contributed by atoms with Gasteiger partial charge in [0.15, 0.2) is 6.61 Å². The fourth-order valence-electron chi connectivity index (χ4n) is 2.29. The molecule has 4 heteroatoms. The Morgan fingerprint density at radius 2 is 1.70 bits per heavy atom. The average molecular weight is 376 g/mol. The highest BCUT2D eigenvalue weighted by Crippen LogP contribution is 2.26. The lowest BCUT2D eigenvalue weighted by molar-refractivity contribution is -0.118. The number of benzene rings is 2. The Hall–Kier alpha value is -1.81. The Labute approximate surface area is 146 Å². The molecule has 0 aliphatic rings. The first kappa shape index (κ1) is 17.5. The average Bonchev–Trinajstić information content (AvgIpc) is 2.51. The molecule has 23 heavy (non-hydrogen) atoms. The summed E-state index contributed by atoms with van der Waals surface area (Å²) in [7, 11) is 0. The molecule has 0 unspecified atom stereocenters. The molecule has 1 N–H and O–H groups in total. The lowest BCUT2D eigenvalue weighted by Crippen LogP contribution is -2.20. The molecule has 0 saturated carbocycles. The minimum atomic E-state index is -0.166. The Kier molecular flexibility index (Phi) is 5.83. The van der Waals surface area contributed by atoms with Crippen molar-refractivity contribution in [3.8, 4) is 5.75 Å². The molecule has 0 fully saturated rings. The molecule has 122 valence electrons. The van der Waals surface area contributed by atoms with Crippen LogP contribution >= 0.6 is 15.9 Å². The van der Waals surface area contributed by atoms with Crippen LogP contribution in [0.25, 0.3) is 0 Å². The molecular formula is C19H22BrNO2. The first-order valence-electron chi connectivity index (χ1n) is 7.66. The summed E-state index contributed by atoms with van der Waals surface area (Å²) in [6, 6.07) is 11.7. The third-order valence-electron chi connectivity index (χ3n) is 3.64. The Morgan fingerprint density at radius 1 is 1.13 bits per heavy atom. The van der Waals surface area contributed by atoms with Crippen molar-refractivity contribution in [1.82, 2.24) is 0 Å². The van der Waals surface area contributed by atoms with E-state index in [9.17, 15) is 4.79 Å². The molecule has 0 spiro atoms. The van der Waals surface area contributed by atoms with Gasteiger partial charge < -0.3 is 10.1 Å². The van der Waals surface area contributed by atoms with Gasteiger partial charge in [0.25, 0.3) is 5.91 Å². The first-order valence-corrected chi connectivity index (χ1v) is 8.45. The second-order valence-electron chi connectivity index (χ2n) is 5.98. The predicted octanol–water partition coefficient (Wildman–Crippen LogP) is 5.21. The summed E-state index contributed by atoms with van der Waals surface area (Å²) < 4.78 is 6.65. The maximum Gasteiger partial charge on any atom is 0.262 e. The molecule has 0 bridgehead atoms. The number of ether oxygens (including phenoxy) is 1. The number of nitrogens with one attached hydrogen (secondary N) is 1. The Morgan fingerprint density at radius 3 is 2.22 bits per heavy atom. The van der Waals surface area contributed by atoms with E-state index in [1.54, 1.807) is 0 Å². The molecule has 3 nitrogen and oxygen atoms in total. The summed E-state index contributed by atoms with van der Waals surface area (Å²) in [6.07, 6.45) is 0. The monoisotopic (exact) mass is 375 g/mol. The minimum absolute atomic E-state index is 0.00750. The van der Waals surface area contributed by atoms with E-state index >= 15 is 0 Å². The molecule has 0 aliphatic heterocycles. The maximum atomic E-state index is 12.0. The van der Waals surface area contributed by atoms with Crippen molar-refractivity contribution in [1.29, 1.82) is 0 Å². The van der Waals surface area contributed by atoms with Crippen LogP contribution in [0.15, 0.2) is 40.9 Å². The van der Waals surface area contributed by atoms with Gasteiger partial charge in [0.1, 0.15) is 5.75 Å². The number of hydrogen-bond acceptors (Lipinski definition) is 2. The number of amides is 1. The van der Waals surface area contributed by atoms with Crippen molar-refractivity contribution in [2.24, 2.45) is 0 Å². The van der Waals surface area contributed by atoms with Gasteiger partial charge in [0, 0.05) is 10.2 Å². The van der Waals surface area contributed by atoms with Crippen LogP contribution in [0.1, 0.15) is 36.5 Å². The van der Waals surface area contributed by atoms with Crippen LogP contribution in [-0.4, -0.2) is 12.5 Å². The van der Waals surface area contributed by atoms with Crippen LogP contribution in [0.2, 0.25) is 0 Å². The minimum Gasteiger partial charge on any atom is -0.484 e. The number of halogens is 1. The molecule has 0 heterocycles. The van der Waals surface area contributed by atoms with E-state index in [4.69, 9.17) is 4.74 Å². The summed E-state index contributed by atoms with van der Waals surface area (Å²) in [5.74, 6) is 1.01. The summed E-state index contributed by atoms with van der Waals surface area (Å²) in [5, 5.41) is 2.85. The molecule has 2 rings (SSSR count). The smallest absolute Gasteiger partial charge is 0.262 e. The SMILES string of the molecule is Cc1cc(OCC(=O)Nc2ccc(C(C)C)cc2)cc(C)c1Br. The standard InChI is InChI=1S/C19H22BrNO2/c1-12(2)15-5-7-16(8-6-15)21-18(22)11-23-17-9-13(3)19(20)14(4)10-17/h5-10,12H,11H2,1-4H3,(H,21,22). The van der Waals surface area contributed by atoms with Crippen molar-refractivity contribution in [2.45, 2.75) is 33.6 Å². The van der Waals surface area contributed by atoms with Gasteiger partial charge in [0.05, 0.1) is 0 Å². The zero-order valence-corrected chi connectivity index (χ0v) is 15.5. The first-order chi connectivity index (χ1) is 10.9. The number of rotatable bonds is 5. The highest BCUT2D eigenvalue weighted by atomic mass is 79.9. The van der Waals surface area contributed by atoms with Crippen LogP contribution in [0, 0.1) is 13.8 Å². The quantitative estimate of drug-likeness (QED) is 0.778. The molecule has 1 amide bonds. The summed E-state index contributed by atoms with van der Waals surface area (Å²) in [5.41, 5.74) is 4.21. The van der Waals surface area contributed by atoms with Crippen molar-refractivity contribution < 1.29 is 9.53 Å². The van der Waals surface area contributed by atoms with Gasteiger partial charge in [0.2, 0.25) is 0 Å². The van der Waals surface area contributed by atoms with E-state index in [1.165, 1.54) is 5.56 Å². The molecular weight excluding hydrogens is 354 g/mol. The second-order valence-corrected chi connectivity index (χ2v) is 6.78. The molecule has 2 aromatic carbocycles. The lowest BCUT2D eigenvalue weighted by atomic mass is 10.0. The van der Waals surface area contributed by atoms with Crippen molar-refractivity contribution in [2.75, 3.05) is 11.9 Å². The van der Waals surface area contributed by atoms with Gasteiger partial charge >= 0.3 is 0 Å². The van der Waals surface area contributed by atoms with Crippen LogP contribution in [0.3, 0.4) is 0 Å². The third-order valence-corrected chi connectivity index (χ3v) is 4.89. The van der Waals surface area contributed by atoms with Gasteiger partial charge in [-0.25, -0.2) is 0 Å². The van der Waals surface area contributed by atoms with Gasteiger partial charge in [-0.2, -0.15) is 0 Å². The van der Waals surface area contributed by atoms with Crippen LogP contribution in [-0.2, 0) is 4.79 Å². The molecule has 2 aromatic rings. The van der Waals surface area contributed by atoms with E-state index in [0.29, 0.717) is 11.7 Å². The number of anilines is 1. The van der Waals surface area contributed by atoms with E-state index in [0.717, 1.165) is 21.3 Å². The molecule has 0 saturated heterocycles. The summed E-state index contributed by atoms with van der Waals surface area (Å²) in [6.45, 7) is 8.28. The highest BCUT2D eigenvalue weighted by Gasteiger charge is 2.07. The van der Waals surface area contributed by atoms with Gasteiger partial charge in [-0.1, -0.05) is 41.9 Å². The van der Waals surface area contributed by atoms with Crippen molar-refractivity contribution in [3.05, 3.63) is 57.6 Å². The van der Waals surface area contributed by atoms with Crippen LogP contribution < -0.4 is 10.1 Å². The van der Waals surface area contributed by atoms with E-state index < -0.39 is 0 Å². The third kappa shape index (κ3) is 4.83. The fraction of sp³-hybridized carbons (Fsp3) is 0.316. The van der Waals surface area contributed by atoms with Gasteiger partial charge in [-0.05, 0) is 60.7 Å². The van der Waals surface area contributed by atoms with E-state index in [1.807, 2.05) is 50.2 Å². The van der Waals surface area contributed by atoms with E-state index in [2.05, 4.69) is 35.1 Å². The fourth-order valence-corrected chi connectivity index (χ4v) is 2.52.